The van der Waals surface area contributed by atoms with Crippen molar-refractivity contribution < 1.29 is 24.2 Å². The SMILES string of the molecule is CCC1CCC(OC(C)=O)CC(=O)CC(C2CCC(O)C(OC)C2)C#CCNC2CC(CCN2)C2(CCCCC2)CC2=C([CH+]N=C2)C1. The summed E-state index contributed by atoms with van der Waals surface area (Å²) in [5, 5.41) is 17.9. The van der Waals surface area contributed by atoms with Crippen molar-refractivity contribution in [3.8, 4) is 11.8 Å². The van der Waals surface area contributed by atoms with Crippen LogP contribution in [0.25, 0.3) is 0 Å². The van der Waals surface area contributed by atoms with Crippen molar-refractivity contribution in [2.24, 2.45) is 34.1 Å². The van der Waals surface area contributed by atoms with Crippen LogP contribution in [0.2, 0.25) is 0 Å². The van der Waals surface area contributed by atoms with E-state index in [1.54, 1.807) is 7.11 Å². The Bertz CT molecular complexity index is 1180. The van der Waals surface area contributed by atoms with E-state index < -0.39 is 12.2 Å². The van der Waals surface area contributed by atoms with E-state index in [4.69, 9.17) is 9.47 Å². The molecule has 0 amide bonds. The van der Waals surface area contributed by atoms with Crippen LogP contribution in [0.3, 0.4) is 0 Å². The molecular weight excluding hydrogens is 590 g/mol. The Morgan fingerprint density at radius 3 is 2.68 bits per heavy atom. The first kappa shape index (κ1) is 36.1. The van der Waals surface area contributed by atoms with E-state index in [9.17, 15) is 14.7 Å². The normalized spacial score (nSPS) is 35.7. The van der Waals surface area contributed by atoms with Gasteiger partial charge in [-0.3, -0.25) is 14.9 Å². The summed E-state index contributed by atoms with van der Waals surface area (Å²) in [6.07, 6.45) is 17.5. The van der Waals surface area contributed by atoms with Crippen LogP contribution in [0, 0.1) is 47.5 Å². The van der Waals surface area contributed by atoms with Gasteiger partial charge >= 0.3 is 5.97 Å². The van der Waals surface area contributed by atoms with E-state index in [0.717, 1.165) is 45.1 Å². The van der Waals surface area contributed by atoms with Gasteiger partial charge in [-0.2, -0.15) is 0 Å². The number of ketones is 1. The summed E-state index contributed by atoms with van der Waals surface area (Å²) in [6, 6.07) is 0. The van der Waals surface area contributed by atoms with Gasteiger partial charge < -0.3 is 19.9 Å². The molecule has 1 spiro atoms. The van der Waals surface area contributed by atoms with Crippen LogP contribution in [0.4, 0.5) is 0 Å². The molecule has 3 fully saturated rings. The van der Waals surface area contributed by atoms with Crippen molar-refractivity contribution in [2.75, 3.05) is 20.2 Å². The summed E-state index contributed by atoms with van der Waals surface area (Å²) in [4.78, 5) is 30.4. The van der Waals surface area contributed by atoms with Crippen LogP contribution in [-0.4, -0.2) is 67.8 Å². The Hall–Kier alpha value is -2.18. The highest BCUT2D eigenvalue weighted by Crippen LogP contribution is 2.51. The third-order valence-electron chi connectivity index (χ3n) is 12.1. The number of nitrogens with one attached hydrogen (secondary N) is 2. The number of aliphatic imine (C=N–C) groups is 1. The molecule has 0 aromatic carbocycles. The van der Waals surface area contributed by atoms with Crippen molar-refractivity contribution >= 4 is 18.0 Å². The number of allylic oxidation sites excluding steroid dienone is 1. The lowest BCUT2D eigenvalue weighted by molar-refractivity contribution is -0.148. The Labute approximate surface area is 283 Å². The molecule has 0 aromatic rings. The summed E-state index contributed by atoms with van der Waals surface area (Å²) in [7, 11) is 1.65. The number of carbonyl (C=O) groups excluding carboxylic acids is 2. The number of fused-ring (bicyclic) bond motifs is 3. The standard InChI is InChI=1S/C39H60N3O5/c1-4-28-10-12-35(47-27(2)43)23-34(44)20-29(30-11-13-36(45)37(21-30)46-3)9-8-17-41-38-22-33(14-18-42-38)39(15-6-5-7-16-39)24-32-26-40-25-31(32)19-28/h25-26,28-30,33,35-38,41-42,45H,4-7,10-24H2,1-3H3/q+1. The van der Waals surface area contributed by atoms with Gasteiger partial charge in [0.15, 0.2) is 6.21 Å². The molecule has 5 rings (SSSR count). The van der Waals surface area contributed by atoms with Crippen molar-refractivity contribution in [3.05, 3.63) is 17.7 Å². The fourth-order valence-corrected chi connectivity index (χ4v) is 9.38. The zero-order chi connectivity index (χ0) is 33.2. The number of esters is 1. The Balaban J connectivity index is 1.40. The molecule has 0 aromatic heterocycles. The highest BCUT2D eigenvalue weighted by molar-refractivity contribution is 5.84. The zero-order valence-electron chi connectivity index (χ0n) is 29.2. The van der Waals surface area contributed by atoms with E-state index in [1.165, 1.54) is 56.6 Å². The van der Waals surface area contributed by atoms with Crippen molar-refractivity contribution in [3.63, 3.8) is 0 Å². The smallest absolute Gasteiger partial charge is 0.302 e. The van der Waals surface area contributed by atoms with Gasteiger partial charge in [0.2, 0.25) is 0 Å². The lowest BCUT2D eigenvalue weighted by atomic mass is 9.60. The van der Waals surface area contributed by atoms with E-state index in [-0.39, 0.29) is 42.3 Å². The number of Topliss-reactive ketones (excluding diaryl/α,β-unsaturated/α-hetero) is 1. The molecule has 8 unspecified atom stereocenters. The molecule has 5 aliphatic rings. The summed E-state index contributed by atoms with van der Waals surface area (Å²) >= 11 is 0. The molecule has 8 atom stereocenters. The molecule has 2 bridgehead atoms. The van der Waals surface area contributed by atoms with Gasteiger partial charge in [0.05, 0.1) is 30.5 Å². The van der Waals surface area contributed by atoms with E-state index in [0.29, 0.717) is 49.5 Å². The maximum absolute atomic E-state index is 13.6. The van der Waals surface area contributed by atoms with Gasteiger partial charge in [-0.25, -0.2) is 0 Å². The predicted molar refractivity (Wildman–Crippen MR) is 185 cm³/mol. The van der Waals surface area contributed by atoms with Crippen LogP contribution in [0.5, 0.6) is 0 Å². The average Bonchev–Trinajstić information content (AvgIpc) is 3.50. The van der Waals surface area contributed by atoms with Crippen LogP contribution in [-0.2, 0) is 19.1 Å². The third-order valence-corrected chi connectivity index (χ3v) is 12.1. The maximum atomic E-state index is 13.6. The van der Waals surface area contributed by atoms with Crippen molar-refractivity contribution in [1.29, 1.82) is 0 Å². The van der Waals surface area contributed by atoms with Gasteiger partial charge in [0, 0.05) is 45.6 Å². The molecule has 8 nitrogen and oxygen atoms in total. The van der Waals surface area contributed by atoms with Gasteiger partial charge in [-0.05, 0) is 87.5 Å². The lowest BCUT2D eigenvalue weighted by Gasteiger charge is -2.46. The molecule has 1 saturated heterocycles. The number of hydrogen-bond donors (Lipinski definition) is 3. The Kier molecular flexibility index (Phi) is 13.4. The van der Waals surface area contributed by atoms with Crippen LogP contribution < -0.4 is 10.6 Å². The minimum atomic E-state index is -0.480. The fourth-order valence-electron chi connectivity index (χ4n) is 9.38. The number of piperidine rings is 1. The first-order chi connectivity index (χ1) is 22.8. The molecule has 0 radical (unpaired) electrons. The molecular formula is C39H60N3O5+. The molecule has 47 heavy (non-hydrogen) atoms. The number of methoxy groups -OCH3 is 1. The molecule has 3 heterocycles. The number of nitrogens with zero attached hydrogens (tertiary/aromatic N) is 1. The number of aliphatic hydroxyl groups is 1. The summed E-state index contributed by atoms with van der Waals surface area (Å²) in [6.45, 7) is 7.36. The monoisotopic (exact) mass is 650 g/mol. The molecule has 3 aliphatic heterocycles. The van der Waals surface area contributed by atoms with Crippen LogP contribution in [0.1, 0.15) is 123 Å². The molecule has 3 N–H and O–H groups in total. The second-order valence-electron chi connectivity index (χ2n) is 15.2. The number of rotatable bonds is 4. The number of hydrogen-bond acceptors (Lipinski definition) is 8. The van der Waals surface area contributed by atoms with E-state index in [1.807, 2.05) is 0 Å². The second kappa shape index (κ2) is 17.5. The topological polar surface area (TPSA) is 109 Å². The second-order valence-corrected chi connectivity index (χ2v) is 15.2. The summed E-state index contributed by atoms with van der Waals surface area (Å²) < 4.78 is 11.4. The van der Waals surface area contributed by atoms with E-state index in [2.05, 4.69) is 47.1 Å². The molecule has 8 heteroatoms. The molecule has 2 aliphatic carbocycles. The van der Waals surface area contributed by atoms with Crippen molar-refractivity contribution in [2.45, 2.75) is 147 Å². The van der Waals surface area contributed by atoms with Gasteiger partial charge in [-0.1, -0.05) is 44.4 Å². The molecule has 2 saturated carbocycles. The molecule has 260 valence electrons. The number of carbonyl (C=O) groups is 2. The quantitative estimate of drug-likeness (QED) is 0.193. The number of ether oxygens (including phenoxy) is 2. The van der Waals surface area contributed by atoms with Crippen LogP contribution in [0.15, 0.2) is 16.1 Å². The van der Waals surface area contributed by atoms with Gasteiger partial charge in [0.1, 0.15) is 24.0 Å². The Morgan fingerprint density at radius 2 is 1.91 bits per heavy atom. The van der Waals surface area contributed by atoms with Gasteiger partial charge in [0.25, 0.3) is 0 Å². The highest BCUT2D eigenvalue weighted by atomic mass is 16.5. The Morgan fingerprint density at radius 1 is 1.09 bits per heavy atom. The highest BCUT2D eigenvalue weighted by Gasteiger charge is 2.45. The van der Waals surface area contributed by atoms with E-state index >= 15 is 0 Å². The van der Waals surface area contributed by atoms with Crippen molar-refractivity contribution in [1.82, 2.24) is 10.6 Å². The third kappa shape index (κ3) is 9.94. The fraction of sp³-hybridized carbons (Fsp3) is 0.795. The first-order valence-electron chi connectivity index (χ1n) is 18.7. The lowest BCUT2D eigenvalue weighted by Crippen LogP contribution is -2.51. The summed E-state index contributed by atoms with van der Waals surface area (Å²) in [5.41, 5.74) is 3.12. The van der Waals surface area contributed by atoms with Crippen LogP contribution >= 0.6 is 0 Å². The van der Waals surface area contributed by atoms with Gasteiger partial charge in [-0.15, -0.1) is 4.99 Å². The maximum Gasteiger partial charge on any atom is 0.302 e. The first-order valence-corrected chi connectivity index (χ1v) is 18.7. The minimum Gasteiger partial charge on any atom is -0.462 e. The predicted octanol–water partition coefficient (Wildman–Crippen LogP) is 6.07. The average molecular weight is 651 g/mol. The number of aliphatic hydroxyl groups excluding tert-OH is 1. The zero-order valence-corrected chi connectivity index (χ0v) is 29.2. The summed E-state index contributed by atoms with van der Waals surface area (Å²) in [5.74, 6) is 7.79. The largest absolute Gasteiger partial charge is 0.462 e. The minimum absolute atomic E-state index is 0.0862.